The van der Waals surface area contributed by atoms with E-state index in [1.807, 2.05) is 0 Å². The number of carboxylic acids is 1. The molecule has 1 N–H and O–H groups in total. The standard InChI is InChI=1S/C23H14F2N2O3/c24-16-9-11-17(12-10-16)27-21(18-3-1-2-4-19(18)25)26-20(22(27)28)13-14-5-7-15(8-6-14)23(29)30/h1-13H,(H,29,30)/b20-13+. The van der Waals surface area contributed by atoms with E-state index in [-0.39, 0.29) is 22.7 Å². The van der Waals surface area contributed by atoms with E-state index in [1.165, 1.54) is 65.6 Å². The Kier molecular flexibility index (Phi) is 4.93. The maximum Gasteiger partial charge on any atom is 0.335 e. The Morgan fingerprint density at radius 3 is 2.23 bits per heavy atom. The fourth-order valence-electron chi connectivity index (χ4n) is 3.05. The third-order valence-electron chi connectivity index (χ3n) is 4.52. The van der Waals surface area contributed by atoms with Crippen molar-refractivity contribution in [3.8, 4) is 0 Å². The molecule has 0 saturated heterocycles. The van der Waals surface area contributed by atoms with E-state index in [9.17, 15) is 18.4 Å². The van der Waals surface area contributed by atoms with Crippen molar-refractivity contribution in [1.29, 1.82) is 0 Å². The predicted molar refractivity (Wildman–Crippen MR) is 108 cm³/mol. The Bertz CT molecular complexity index is 1200. The van der Waals surface area contributed by atoms with Crippen LogP contribution in [0.25, 0.3) is 6.08 Å². The molecule has 0 unspecified atom stereocenters. The van der Waals surface area contributed by atoms with Gasteiger partial charge in [-0.1, -0.05) is 24.3 Å². The zero-order chi connectivity index (χ0) is 21.3. The highest BCUT2D eigenvalue weighted by atomic mass is 19.1. The second kappa shape index (κ2) is 7.71. The molecule has 1 aliphatic heterocycles. The number of aromatic carboxylic acids is 1. The van der Waals surface area contributed by atoms with Crippen molar-refractivity contribution in [2.75, 3.05) is 4.90 Å². The minimum atomic E-state index is -1.06. The van der Waals surface area contributed by atoms with Crippen molar-refractivity contribution < 1.29 is 23.5 Å². The number of aliphatic imine (C=N–C) groups is 1. The molecule has 0 fully saturated rings. The van der Waals surface area contributed by atoms with Crippen LogP contribution >= 0.6 is 0 Å². The molecule has 3 aromatic carbocycles. The van der Waals surface area contributed by atoms with E-state index >= 15 is 0 Å². The summed E-state index contributed by atoms with van der Waals surface area (Å²) in [7, 11) is 0. The number of carbonyl (C=O) groups is 2. The molecule has 1 aliphatic rings. The first-order valence-electron chi connectivity index (χ1n) is 8.93. The van der Waals surface area contributed by atoms with Gasteiger partial charge >= 0.3 is 5.97 Å². The molecular weight excluding hydrogens is 390 g/mol. The summed E-state index contributed by atoms with van der Waals surface area (Å²) in [6.45, 7) is 0. The van der Waals surface area contributed by atoms with E-state index in [0.29, 0.717) is 11.3 Å². The summed E-state index contributed by atoms with van der Waals surface area (Å²) < 4.78 is 27.8. The topological polar surface area (TPSA) is 70.0 Å². The molecule has 0 atom stereocenters. The number of anilines is 1. The molecule has 0 aliphatic carbocycles. The Balaban J connectivity index is 1.80. The van der Waals surface area contributed by atoms with Gasteiger partial charge in [-0.05, 0) is 60.2 Å². The van der Waals surface area contributed by atoms with Crippen LogP contribution in [0, 0.1) is 11.6 Å². The van der Waals surface area contributed by atoms with Gasteiger partial charge in [-0.15, -0.1) is 0 Å². The summed E-state index contributed by atoms with van der Waals surface area (Å²) in [5.74, 6) is -2.51. The number of amidine groups is 1. The van der Waals surface area contributed by atoms with Crippen LogP contribution in [-0.4, -0.2) is 22.8 Å². The first kappa shape index (κ1) is 19.2. The van der Waals surface area contributed by atoms with Gasteiger partial charge in [0.05, 0.1) is 16.8 Å². The smallest absolute Gasteiger partial charge is 0.335 e. The van der Waals surface area contributed by atoms with Gasteiger partial charge in [0.25, 0.3) is 5.91 Å². The Morgan fingerprint density at radius 1 is 0.933 bits per heavy atom. The van der Waals surface area contributed by atoms with E-state index in [0.717, 1.165) is 0 Å². The van der Waals surface area contributed by atoms with Crippen LogP contribution in [0.3, 0.4) is 0 Å². The van der Waals surface area contributed by atoms with Crippen molar-refractivity contribution >= 4 is 29.5 Å². The second-order valence-corrected chi connectivity index (χ2v) is 6.49. The molecule has 30 heavy (non-hydrogen) atoms. The number of carbonyl (C=O) groups excluding carboxylic acids is 1. The van der Waals surface area contributed by atoms with E-state index in [4.69, 9.17) is 5.11 Å². The number of hydrogen-bond acceptors (Lipinski definition) is 3. The lowest BCUT2D eigenvalue weighted by Crippen LogP contribution is -2.33. The summed E-state index contributed by atoms with van der Waals surface area (Å²) in [5, 5.41) is 9.01. The van der Waals surface area contributed by atoms with Crippen molar-refractivity contribution in [1.82, 2.24) is 0 Å². The van der Waals surface area contributed by atoms with Crippen molar-refractivity contribution in [2.24, 2.45) is 4.99 Å². The Morgan fingerprint density at radius 2 is 1.60 bits per heavy atom. The fraction of sp³-hybridized carbons (Fsp3) is 0. The molecule has 0 aromatic heterocycles. The van der Waals surface area contributed by atoms with Crippen LogP contribution in [0.5, 0.6) is 0 Å². The van der Waals surface area contributed by atoms with Gasteiger partial charge in [-0.2, -0.15) is 0 Å². The maximum atomic E-state index is 14.4. The zero-order valence-corrected chi connectivity index (χ0v) is 15.4. The second-order valence-electron chi connectivity index (χ2n) is 6.49. The minimum absolute atomic E-state index is 0.0423. The number of carboxylic acid groups (broad SMARTS) is 1. The van der Waals surface area contributed by atoms with Gasteiger partial charge in [-0.3, -0.25) is 9.69 Å². The quantitative estimate of drug-likeness (QED) is 0.651. The van der Waals surface area contributed by atoms with Crippen LogP contribution in [0.1, 0.15) is 21.5 Å². The number of rotatable bonds is 4. The van der Waals surface area contributed by atoms with Gasteiger partial charge in [0.2, 0.25) is 0 Å². The molecule has 0 radical (unpaired) electrons. The molecule has 0 bridgehead atoms. The van der Waals surface area contributed by atoms with Crippen LogP contribution in [0.2, 0.25) is 0 Å². The highest BCUT2D eigenvalue weighted by molar-refractivity contribution is 6.33. The van der Waals surface area contributed by atoms with Gasteiger partial charge in [0.1, 0.15) is 17.3 Å². The molecule has 5 nitrogen and oxygen atoms in total. The normalized spacial score (nSPS) is 14.9. The third-order valence-corrected chi connectivity index (χ3v) is 4.52. The highest BCUT2D eigenvalue weighted by Crippen LogP contribution is 2.29. The highest BCUT2D eigenvalue weighted by Gasteiger charge is 2.33. The number of nitrogens with zero attached hydrogens (tertiary/aromatic N) is 2. The number of halogens is 2. The van der Waals surface area contributed by atoms with Crippen LogP contribution in [0.15, 0.2) is 83.5 Å². The summed E-state index contributed by atoms with van der Waals surface area (Å²) in [6.07, 6.45) is 1.48. The van der Waals surface area contributed by atoms with E-state index in [2.05, 4.69) is 4.99 Å². The SMILES string of the molecule is O=C(O)c1ccc(/C=C2/N=C(c3ccccc3F)N(c3ccc(F)cc3)C2=O)cc1. The summed E-state index contributed by atoms with van der Waals surface area (Å²) in [5.41, 5.74) is 1.17. The largest absolute Gasteiger partial charge is 0.478 e. The molecular formula is C23H14F2N2O3. The van der Waals surface area contributed by atoms with Crippen LogP contribution in [-0.2, 0) is 4.79 Å². The fourth-order valence-corrected chi connectivity index (χ4v) is 3.05. The summed E-state index contributed by atoms with van der Waals surface area (Å²) in [4.78, 5) is 29.7. The first-order valence-corrected chi connectivity index (χ1v) is 8.93. The number of benzene rings is 3. The van der Waals surface area contributed by atoms with E-state index < -0.39 is 23.5 Å². The van der Waals surface area contributed by atoms with Crippen molar-refractivity contribution in [3.05, 3.63) is 107 Å². The lowest BCUT2D eigenvalue weighted by Gasteiger charge is -2.18. The third kappa shape index (κ3) is 3.60. The molecule has 4 rings (SSSR count). The molecule has 1 heterocycles. The molecule has 0 saturated carbocycles. The molecule has 0 spiro atoms. The summed E-state index contributed by atoms with van der Waals surface area (Å²) >= 11 is 0. The first-order chi connectivity index (χ1) is 14.4. The number of hydrogen-bond donors (Lipinski definition) is 1. The minimum Gasteiger partial charge on any atom is -0.478 e. The molecule has 7 heteroatoms. The van der Waals surface area contributed by atoms with Gasteiger partial charge in [0.15, 0.2) is 5.84 Å². The molecule has 148 valence electrons. The zero-order valence-electron chi connectivity index (χ0n) is 15.4. The molecule has 3 aromatic rings. The van der Waals surface area contributed by atoms with Crippen LogP contribution < -0.4 is 4.90 Å². The van der Waals surface area contributed by atoms with E-state index in [1.54, 1.807) is 18.2 Å². The Labute approximate surface area is 170 Å². The maximum absolute atomic E-state index is 14.4. The average molecular weight is 404 g/mol. The lowest BCUT2D eigenvalue weighted by atomic mass is 10.1. The van der Waals surface area contributed by atoms with Crippen LogP contribution in [0.4, 0.5) is 14.5 Å². The van der Waals surface area contributed by atoms with Crippen molar-refractivity contribution in [3.63, 3.8) is 0 Å². The summed E-state index contributed by atoms with van der Waals surface area (Å²) in [6, 6.07) is 17.1. The monoisotopic (exact) mass is 404 g/mol. The number of amides is 1. The van der Waals surface area contributed by atoms with Gasteiger partial charge < -0.3 is 5.11 Å². The lowest BCUT2D eigenvalue weighted by molar-refractivity contribution is -0.113. The van der Waals surface area contributed by atoms with Gasteiger partial charge in [0, 0.05) is 0 Å². The predicted octanol–water partition coefficient (Wildman–Crippen LogP) is 4.50. The Hall–Kier alpha value is -4.13. The molecule has 1 amide bonds. The average Bonchev–Trinajstić information content (AvgIpc) is 3.05. The van der Waals surface area contributed by atoms with Crippen molar-refractivity contribution in [2.45, 2.75) is 0 Å². The van der Waals surface area contributed by atoms with Gasteiger partial charge in [-0.25, -0.2) is 18.6 Å².